The summed E-state index contributed by atoms with van der Waals surface area (Å²) in [7, 11) is 1.49. The molecular formula is C13H20N2O2-2. The first kappa shape index (κ1) is 12.6. The molecule has 4 heteroatoms. The molecule has 0 bridgehead atoms. The lowest BCUT2D eigenvalue weighted by Gasteiger charge is -2.54. The highest BCUT2D eigenvalue weighted by Crippen LogP contribution is 2.41. The average molecular weight is 236 g/mol. The Morgan fingerprint density at radius 1 is 1.35 bits per heavy atom. The Balaban J connectivity index is 2.04. The molecule has 3 atom stereocenters. The molecular weight excluding hydrogens is 216 g/mol. The van der Waals surface area contributed by atoms with E-state index in [9.17, 15) is 10.4 Å². The molecule has 96 valence electrons. The Labute approximate surface area is 103 Å². The Hall–Kier alpha value is -0.840. The van der Waals surface area contributed by atoms with Crippen LogP contribution in [-0.4, -0.2) is 29.8 Å². The van der Waals surface area contributed by atoms with E-state index in [0.717, 1.165) is 27.7 Å². The fraction of sp³-hybridized carbons (Fsp3) is 0.692. The number of allylic oxidation sites excluding steroid dienone is 1. The number of rotatable bonds is 4. The van der Waals surface area contributed by atoms with Gasteiger partial charge in [0.05, 0.1) is 0 Å². The molecule has 0 heterocycles. The number of hydroxylamine groups is 4. The zero-order valence-electron chi connectivity index (χ0n) is 10.9. The molecule has 1 saturated carbocycles. The third kappa shape index (κ3) is 2.12. The summed E-state index contributed by atoms with van der Waals surface area (Å²) >= 11 is 0. The van der Waals surface area contributed by atoms with Crippen molar-refractivity contribution >= 4 is 0 Å². The highest BCUT2D eigenvalue weighted by atomic mass is 16.5. The first-order valence-corrected chi connectivity index (χ1v) is 6.18. The quantitative estimate of drug-likeness (QED) is 0.704. The highest BCUT2D eigenvalue weighted by molar-refractivity contribution is 5.52. The summed E-state index contributed by atoms with van der Waals surface area (Å²) in [5.41, 5.74) is 2.68. The molecule has 0 spiro atoms. The van der Waals surface area contributed by atoms with Crippen LogP contribution in [0.25, 0.3) is 0 Å². The molecule has 2 aliphatic carbocycles. The van der Waals surface area contributed by atoms with Gasteiger partial charge in [-0.1, -0.05) is 13.8 Å². The summed E-state index contributed by atoms with van der Waals surface area (Å²) in [6, 6.07) is 0.0938. The summed E-state index contributed by atoms with van der Waals surface area (Å²) < 4.78 is 0. The van der Waals surface area contributed by atoms with Crippen LogP contribution in [0.1, 0.15) is 27.2 Å². The van der Waals surface area contributed by atoms with Gasteiger partial charge in [-0.2, -0.15) is 0 Å². The number of likely N-dealkylation sites (N-methyl/N-ethyl adjacent to an activating group) is 1. The molecule has 2 rings (SSSR count). The molecule has 0 aromatic rings. The van der Waals surface area contributed by atoms with E-state index in [4.69, 9.17) is 0 Å². The summed E-state index contributed by atoms with van der Waals surface area (Å²) in [5.74, 6) is 1.08. The van der Waals surface area contributed by atoms with Crippen molar-refractivity contribution in [1.82, 2.24) is 10.1 Å². The molecule has 0 radical (unpaired) electrons. The van der Waals surface area contributed by atoms with Crippen LogP contribution in [0.3, 0.4) is 0 Å². The van der Waals surface area contributed by atoms with Crippen molar-refractivity contribution in [3.05, 3.63) is 33.3 Å². The largest absolute Gasteiger partial charge is 0.785 e. The molecule has 0 aromatic heterocycles. The van der Waals surface area contributed by atoms with Crippen LogP contribution in [0.4, 0.5) is 0 Å². The van der Waals surface area contributed by atoms with Crippen LogP contribution in [0.2, 0.25) is 0 Å². The molecule has 0 aliphatic heterocycles. The molecule has 0 amide bonds. The lowest BCUT2D eigenvalue weighted by Crippen LogP contribution is -2.48. The predicted molar refractivity (Wildman–Crippen MR) is 68.7 cm³/mol. The second kappa shape index (κ2) is 4.44. The standard InChI is InChI=1S/C13H20N2O2/c1-8-5-12(10(8)3)15(17)13-6-9(2)11(13)7-14(4)16/h6,8,10,12H,5,7H2,1-4H3/q-2/t8-,10?,12?/m1/s1. The fourth-order valence-corrected chi connectivity index (χ4v) is 2.61. The molecule has 17 heavy (non-hydrogen) atoms. The van der Waals surface area contributed by atoms with Crippen molar-refractivity contribution in [3.8, 4) is 0 Å². The van der Waals surface area contributed by atoms with E-state index in [2.05, 4.69) is 13.8 Å². The smallest absolute Gasteiger partial charge is 0.0312 e. The zero-order chi connectivity index (χ0) is 12.7. The monoisotopic (exact) mass is 236 g/mol. The third-order valence-electron chi connectivity index (χ3n) is 4.18. The maximum absolute atomic E-state index is 12.2. The minimum absolute atomic E-state index is 0.0938. The Morgan fingerprint density at radius 3 is 2.41 bits per heavy atom. The first-order chi connectivity index (χ1) is 7.91. The maximum atomic E-state index is 12.2. The molecule has 2 aliphatic rings. The SMILES string of the molecule is CC1=CC(N([O-])C2C[C@@H](C)C2C)=C1CN(C)[O-]. The lowest BCUT2D eigenvalue weighted by atomic mass is 9.71. The van der Waals surface area contributed by atoms with E-state index in [1.54, 1.807) is 0 Å². The van der Waals surface area contributed by atoms with E-state index in [1.165, 1.54) is 7.05 Å². The van der Waals surface area contributed by atoms with E-state index in [-0.39, 0.29) is 6.04 Å². The maximum Gasteiger partial charge on any atom is 0.0312 e. The predicted octanol–water partition coefficient (Wildman–Crippen LogP) is 2.47. The summed E-state index contributed by atoms with van der Waals surface area (Å²) in [6.45, 7) is 6.56. The van der Waals surface area contributed by atoms with Gasteiger partial charge in [0, 0.05) is 18.3 Å². The average Bonchev–Trinajstić information content (AvgIpc) is 2.28. The number of hydrogen-bond acceptors (Lipinski definition) is 4. The molecule has 0 aromatic carbocycles. The molecule has 0 saturated heterocycles. The van der Waals surface area contributed by atoms with E-state index < -0.39 is 0 Å². The van der Waals surface area contributed by atoms with Gasteiger partial charge >= 0.3 is 0 Å². The lowest BCUT2D eigenvalue weighted by molar-refractivity contribution is 0.0750. The van der Waals surface area contributed by atoms with E-state index in [1.807, 2.05) is 13.0 Å². The van der Waals surface area contributed by atoms with Crippen LogP contribution in [-0.2, 0) is 0 Å². The van der Waals surface area contributed by atoms with E-state index in [0.29, 0.717) is 24.1 Å². The molecule has 1 fully saturated rings. The molecule has 2 unspecified atom stereocenters. The minimum atomic E-state index is 0.0938. The normalized spacial score (nSPS) is 32.2. The van der Waals surface area contributed by atoms with Gasteiger partial charge in [0.2, 0.25) is 0 Å². The number of hydrogen-bond donors (Lipinski definition) is 0. The zero-order valence-corrected chi connectivity index (χ0v) is 10.9. The number of nitrogens with zero attached hydrogens (tertiary/aromatic N) is 2. The van der Waals surface area contributed by atoms with Gasteiger partial charge in [0.25, 0.3) is 0 Å². The van der Waals surface area contributed by atoms with Crippen LogP contribution >= 0.6 is 0 Å². The summed E-state index contributed by atoms with van der Waals surface area (Å²) in [6.07, 6.45) is 2.85. The first-order valence-electron chi connectivity index (χ1n) is 6.18. The van der Waals surface area contributed by atoms with Gasteiger partial charge < -0.3 is 20.5 Å². The summed E-state index contributed by atoms with van der Waals surface area (Å²) in [5, 5.41) is 25.2. The van der Waals surface area contributed by atoms with Gasteiger partial charge in [-0.05, 0) is 49.5 Å². The van der Waals surface area contributed by atoms with Gasteiger partial charge in [-0.3, -0.25) is 0 Å². The Bertz CT molecular complexity index is 374. The molecule has 4 nitrogen and oxygen atoms in total. The Morgan fingerprint density at radius 2 is 2.00 bits per heavy atom. The van der Waals surface area contributed by atoms with Crippen LogP contribution in [0.5, 0.6) is 0 Å². The topological polar surface area (TPSA) is 52.6 Å². The van der Waals surface area contributed by atoms with Crippen molar-refractivity contribution in [2.45, 2.75) is 33.2 Å². The third-order valence-corrected chi connectivity index (χ3v) is 4.18. The Kier molecular flexibility index (Phi) is 3.30. The van der Waals surface area contributed by atoms with Gasteiger partial charge in [0.15, 0.2) is 0 Å². The molecule has 0 N–H and O–H groups in total. The second-order valence-electron chi connectivity index (χ2n) is 5.44. The minimum Gasteiger partial charge on any atom is -0.785 e. The van der Waals surface area contributed by atoms with Crippen LogP contribution in [0, 0.1) is 22.3 Å². The highest BCUT2D eigenvalue weighted by Gasteiger charge is 2.37. The fourth-order valence-electron chi connectivity index (χ4n) is 2.61. The van der Waals surface area contributed by atoms with E-state index >= 15 is 0 Å². The van der Waals surface area contributed by atoms with Crippen molar-refractivity contribution in [1.29, 1.82) is 0 Å². The van der Waals surface area contributed by atoms with Crippen molar-refractivity contribution in [3.63, 3.8) is 0 Å². The van der Waals surface area contributed by atoms with Crippen LogP contribution < -0.4 is 0 Å². The van der Waals surface area contributed by atoms with Crippen LogP contribution in [0.15, 0.2) is 22.9 Å². The van der Waals surface area contributed by atoms with Crippen molar-refractivity contribution in [2.75, 3.05) is 13.6 Å². The van der Waals surface area contributed by atoms with Gasteiger partial charge in [-0.15, -0.1) is 0 Å². The van der Waals surface area contributed by atoms with Crippen molar-refractivity contribution in [2.24, 2.45) is 11.8 Å². The summed E-state index contributed by atoms with van der Waals surface area (Å²) in [4.78, 5) is 0. The second-order valence-corrected chi connectivity index (χ2v) is 5.44. The van der Waals surface area contributed by atoms with Crippen molar-refractivity contribution < 1.29 is 0 Å². The van der Waals surface area contributed by atoms with Gasteiger partial charge in [0.1, 0.15) is 0 Å². The van der Waals surface area contributed by atoms with Gasteiger partial charge in [-0.25, -0.2) is 0 Å².